The SMILES string of the molecule is NC(c1ccc(C2CCC3CCCCN32)cc1)c1ccccn1. The minimum absolute atomic E-state index is 0.142. The zero-order valence-electron chi connectivity index (χ0n) is 13.6. The Hall–Kier alpha value is -1.71. The van der Waals surface area contributed by atoms with Crippen LogP contribution in [0.5, 0.6) is 0 Å². The van der Waals surface area contributed by atoms with Gasteiger partial charge in [0.05, 0.1) is 11.7 Å². The van der Waals surface area contributed by atoms with Gasteiger partial charge >= 0.3 is 0 Å². The molecule has 1 aromatic heterocycles. The van der Waals surface area contributed by atoms with Gasteiger partial charge in [-0.2, -0.15) is 0 Å². The second kappa shape index (κ2) is 6.42. The molecule has 0 aliphatic carbocycles. The normalized spacial score (nSPS) is 26.0. The highest BCUT2D eigenvalue weighted by molar-refractivity contribution is 5.32. The molecule has 3 heterocycles. The van der Waals surface area contributed by atoms with Crippen LogP contribution in [0.1, 0.15) is 61.0 Å². The van der Waals surface area contributed by atoms with Crippen molar-refractivity contribution in [3.05, 3.63) is 65.5 Å². The van der Waals surface area contributed by atoms with Crippen molar-refractivity contribution in [2.45, 2.75) is 50.2 Å². The summed E-state index contributed by atoms with van der Waals surface area (Å²) in [4.78, 5) is 7.11. The Labute approximate surface area is 138 Å². The van der Waals surface area contributed by atoms with Crippen LogP contribution >= 0.6 is 0 Å². The third kappa shape index (κ3) is 2.91. The topological polar surface area (TPSA) is 42.1 Å². The Kier molecular flexibility index (Phi) is 4.15. The van der Waals surface area contributed by atoms with Gasteiger partial charge in [0.25, 0.3) is 0 Å². The molecule has 3 unspecified atom stereocenters. The predicted molar refractivity (Wildman–Crippen MR) is 93.0 cm³/mol. The van der Waals surface area contributed by atoms with E-state index in [2.05, 4.69) is 34.1 Å². The molecule has 0 radical (unpaired) electrons. The van der Waals surface area contributed by atoms with E-state index in [0.717, 1.165) is 17.3 Å². The van der Waals surface area contributed by atoms with E-state index in [1.807, 2.05) is 18.2 Å². The molecular weight excluding hydrogens is 282 g/mol. The first-order valence-corrected chi connectivity index (χ1v) is 8.85. The van der Waals surface area contributed by atoms with E-state index in [0.29, 0.717) is 6.04 Å². The standard InChI is InChI=1S/C20H25N3/c21-20(18-6-1-3-13-22-18)16-9-7-15(8-10-16)19-12-11-17-5-2-4-14-23(17)19/h1,3,6-10,13,17,19-20H,2,4-5,11-12,14,21H2. The number of aromatic nitrogens is 1. The summed E-state index contributed by atoms with van der Waals surface area (Å²) in [6.45, 7) is 1.27. The van der Waals surface area contributed by atoms with Crippen molar-refractivity contribution >= 4 is 0 Å². The van der Waals surface area contributed by atoms with Crippen LogP contribution in [0.4, 0.5) is 0 Å². The third-order valence-electron chi connectivity index (χ3n) is 5.53. The van der Waals surface area contributed by atoms with Gasteiger partial charge in [0.1, 0.15) is 0 Å². The number of rotatable bonds is 3. The molecular formula is C20H25N3. The molecule has 3 nitrogen and oxygen atoms in total. The van der Waals surface area contributed by atoms with Crippen LogP contribution in [0.3, 0.4) is 0 Å². The van der Waals surface area contributed by atoms with E-state index < -0.39 is 0 Å². The largest absolute Gasteiger partial charge is 0.319 e. The highest BCUT2D eigenvalue weighted by atomic mass is 15.2. The number of hydrogen-bond donors (Lipinski definition) is 1. The van der Waals surface area contributed by atoms with Crippen LogP contribution in [-0.2, 0) is 0 Å². The molecule has 4 rings (SSSR count). The molecule has 0 spiro atoms. The number of fused-ring (bicyclic) bond motifs is 1. The van der Waals surface area contributed by atoms with Crippen LogP contribution in [0, 0.1) is 0 Å². The molecule has 1 aromatic carbocycles. The Balaban J connectivity index is 1.52. The van der Waals surface area contributed by atoms with E-state index in [9.17, 15) is 0 Å². The van der Waals surface area contributed by atoms with Gasteiger partial charge in [-0.05, 0) is 55.5 Å². The summed E-state index contributed by atoms with van der Waals surface area (Å²) in [5, 5.41) is 0. The maximum Gasteiger partial charge on any atom is 0.0726 e. The summed E-state index contributed by atoms with van der Waals surface area (Å²) in [5.74, 6) is 0. The van der Waals surface area contributed by atoms with Crippen LogP contribution in [0.25, 0.3) is 0 Å². The summed E-state index contributed by atoms with van der Waals surface area (Å²) in [7, 11) is 0. The van der Waals surface area contributed by atoms with Crippen molar-refractivity contribution in [2.24, 2.45) is 5.73 Å². The number of benzene rings is 1. The molecule has 0 amide bonds. The van der Waals surface area contributed by atoms with Gasteiger partial charge in [-0.15, -0.1) is 0 Å². The highest BCUT2D eigenvalue weighted by Crippen LogP contribution is 2.40. The Bertz CT molecular complexity index is 638. The second-order valence-corrected chi connectivity index (χ2v) is 6.88. The Morgan fingerprint density at radius 3 is 2.65 bits per heavy atom. The summed E-state index contributed by atoms with van der Waals surface area (Å²) >= 11 is 0. The molecule has 0 saturated carbocycles. The summed E-state index contributed by atoms with van der Waals surface area (Å²) in [6.07, 6.45) is 8.62. The number of hydrogen-bond acceptors (Lipinski definition) is 3. The lowest BCUT2D eigenvalue weighted by Gasteiger charge is -2.34. The average molecular weight is 307 g/mol. The van der Waals surface area contributed by atoms with Crippen LogP contribution in [0.2, 0.25) is 0 Å². The lowest BCUT2D eigenvalue weighted by molar-refractivity contribution is 0.150. The Morgan fingerprint density at radius 2 is 1.87 bits per heavy atom. The monoisotopic (exact) mass is 307 g/mol. The van der Waals surface area contributed by atoms with E-state index >= 15 is 0 Å². The van der Waals surface area contributed by atoms with Crippen molar-refractivity contribution in [3.8, 4) is 0 Å². The third-order valence-corrected chi connectivity index (χ3v) is 5.53. The highest BCUT2D eigenvalue weighted by Gasteiger charge is 2.35. The fourth-order valence-electron chi connectivity index (χ4n) is 4.27. The zero-order chi connectivity index (χ0) is 15.6. The predicted octanol–water partition coefficient (Wildman–Crippen LogP) is 3.82. The molecule has 3 heteroatoms. The van der Waals surface area contributed by atoms with Crippen molar-refractivity contribution < 1.29 is 0 Å². The van der Waals surface area contributed by atoms with Crippen LogP contribution in [0.15, 0.2) is 48.7 Å². The molecule has 120 valence electrons. The van der Waals surface area contributed by atoms with Crippen LogP contribution < -0.4 is 5.73 Å². The van der Waals surface area contributed by atoms with Gasteiger partial charge in [0.15, 0.2) is 0 Å². The summed E-state index contributed by atoms with van der Waals surface area (Å²) in [5.41, 5.74) is 9.87. The molecule has 2 N–H and O–H groups in total. The van der Waals surface area contributed by atoms with E-state index in [1.54, 1.807) is 6.20 Å². The van der Waals surface area contributed by atoms with E-state index in [4.69, 9.17) is 5.73 Å². The van der Waals surface area contributed by atoms with E-state index in [-0.39, 0.29) is 6.04 Å². The van der Waals surface area contributed by atoms with Gasteiger partial charge in [-0.3, -0.25) is 9.88 Å². The minimum Gasteiger partial charge on any atom is -0.319 e. The molecule has 0 bridgehead atoms. The maximum atomic E-state index is 6.35. The number of piperidine rings is 1. The molecule has 2 aromatic rings. The fourth-order valence-corrected chi connectivity index (χ4v) is 4.27. The minimum atomic E-state index is -0.142. The van der Waals surface area contributed by atoms with Gasteiger partial charge in [-0.25, -0.2) is 0 Å². The molecule has 2 aliphatic rings. The number of nitrogens with zero attached hydrogens (tertiary/aromatic N) is 2. The first kappa shape index (κ1) is 14.9. The molecule has 2 fully saturated rings. The lowest BCUT2D eigenvalue weighted by atomic mass is 9.98. The molecule has 2 saturated heterocycles. The maximum absolute atomic E-state index is 6.35. The van der Waals surface area contributed by atoms with Gasteiger partial charge in [-0.1, -0.05) is 36.8 Å². The fraction of sp³-hybridized carbons (Fsp3) is 0.450. The van der Waals surface area contributed by atoms with E-state index in [1.165, 1.54) is 44.2 Å². The molecule has 3 atom stereocenters. The number of pyridine rings is 1. The van der Waals surface area contributed by atoms with Gasteiger partial charge in [0.2, 0.25) is 0 Å². The van der Waals surface area contributed by atoms with Gasteiger partial charge in [0, 0.05) is 18.3 Å². The van der Waals surface area contributed by atoms with Crippen molar-refractivity contribution in [3.63, 3.8) is 0 Å². The Morgan fingerprint density at radius 1 is 1.00 bits per heavy atom. The lowest BCUT2D eigenvalue weighted by Crippen LogP contribution is -2.35. The first-order chi connectivity index (χ1) is 11.3. The average Bonchev–Trinajstić information content (AvgIpc) is 3.06. The second-order valence-electron chi connectivity index (χ2n) is 6.88. The summed E-state index contributed by atoms with van der Waals surface area (Å²) in [6, 6.07) is 16.1. The van der Waals surface area contributed by atoms with Crippen molar-refractivity contribution in [1.82, 2.24) is 9.88 Å². The smallest absolute Gasteiger partial charge is 0.0726 e. The number of nitrogens with two attached hydrogens (primary N) is 1. The molecule has 23 heavy (non-hydrogen) atoms. The first-order valence-electron chi connectivity index (χ1n) is 8.85. The van der Waals surface area contributed by atoms with Crippen molar-refractivity contribution in [1.29, 1.82) is 0 Å². The molecule has 2 aliphatic heterocycles. The van der Waals surface area contributed by atoms with Crippen LogP contribution in [-0.4, -0.2) is 22.5 Å². The summed E-state index contributed by atoms with van der Waals surface area (Å²) < 4.78 is 0. The van der Waals surface area contributed by atoms with Gasteiger partial charge < -0.3 is 5.73 Å². The zero-order valence-corrected chi connectivity index (χ0v) is 13.6. The van der Waals surface area contributed by atoms with Crippen molar-refractivity contribution in [2.75, 3.05) is 6.54 Å². The quantitative estimate of drug-likeness (QED) is 0.937.